The number of hydrogen-bond acceptors (Lipinski definition) is 2. The van der Waals surface area contributed by atoms with Crippen molar-refractivity contribution < 1.29 is 17.1 Å². The van der Waals surface area contributed by atoms with Gasteiger partial charge in [0.1, 0.15) is 0 Å². The Bertz CT molecular complexity index is 2160. The van der Waals surface area contributed by atoms with E-state index >= 15 is 0 Å². The molecule has 0 fully saturated rings. The number of benzene rings is 6. The topological polar surface area (TPSA) is 6.48 Å². The summed E-state index contributed by atoms with van der Waals surface area (Å²) >= 11 is 0. The smallest absolute Gasteiger partial charge is 0.0151 e. The van der Waals surface area contributed by atoms with Gasteiger partial charge < -0.3 is 39.4 Å². The zero-order valence-corrected chi connectivity index (χ0v) is 36.0. The van der Waals surface area contributed by atoms with Crippen LogP contribution in [-0.2, 0) is 17.1 Å². The molecule has 0 radical (unpaired) electrons. The van der Waals surface area contributed by atoms with Gasteiger partial charge >= 0.3 is 0 Å². The van der Waals surface area contributed by atoms with Gasteiger partial charge in [-0.3, -0.25) is 0 Å². The zero-order valence-electron chi connectivity index (χ0n) is 33.1. The molecule has 57 heavy (non-hydrogen) atoms. The molecule has 2 atom stereocenters. The first-order valence-corrected chi connectivity index (χ1v) is 21.9. The third-order valence-corrected chi connectivity index (χ3v) is 15.1. The van der Waals surface area contributed by atoms with Gasteiger partial charge in [-0.2, -0.15) is 11.6 Å². The monoisotopic (exact) mass is 820 g/mol. The van der Waals surface area contributed by atoms with E-state index in [0.717, 1.165) is 0 Å². The molecule has 0 N–H and O–H groups in total. The van der Waals surface area contributed by atoms with Gasteiger partial charge in [0, 0.05) is 29.2 Å². The fourth-order valence-electron chi connectivity index (χ4n) is 7.66. The van der Waals surface area contributed by atoms with Crippen LogP contribution in [0, 0.1) is 0 Å². The molecule has 0 aliphatic heterocycles. The minimum atomic E-state index is -0.799. The van der Waals surface area contributed by atoms with Gasteiger partial charge in [-0.1, -0.05) is 193 Å². The predicted octanol–water partition coefficient (Wildman–Crippen LogP) is 9.63. The van der Waals surface area contributed by atoms with Crippen molar-refractivity contribution in [2.45, 2.75) is 12.1 Å². The first-order chi connectivity index (χ1) is 27.5. The van der Waals surface area contributed by atoms with Gasteiger partial charge in [-0.05, 0) is 57.8 Å². The molecule has 0 heterocycles. The summed E-state index contributed by atoms with van der Waals surface area (Å²) in [5.41, 5.74) is 5.40. The minimum Gasteiger partial charge on any atom is -0.747 e. The zero-order chi connectivity index (χ0) is 38.7. The van der Waals surface area contributed by atoms with Gasteiger partial charge in [0.2, 0.25) is 0 Å². The molecule has 0 saturated carbocycles. The molecule has 0 amide bonds. The molecule has 0 bridgehead atoms. The Morgan fingerprint density at radius 3 is 1.25 bits per heavy atom. The maximum Gasteiger partial charge on any atom is 0.0151 e. The van der Waals surface area contributed by atoms with Crippen molar-refractivity contribution in [1.82, 2.24) is 9.80 Å². The molecule has 0 spiro atoms. The molecular weight excluding hydrogens is 770 g/mol. The summed E-state index contributed by atoms with van der Waals surface area (Å²) < 4.78 is 0. The Labute approximate surface area is 353 Å². The molecule has 2 nitrogen and oxygen atoms in total. The van der Waals surface area contributed by atoms with Gasteiger partial charge in [0.05, 0.1) is 0 Å². The second-order valence-electron chi connectivity index (χ2n) is 14.3. The van der Waals surface area contributed by atoms with Crippen molar-refractivity contribution >= 4 is 47.7 Å². The van der Waals surface area contributed by atoms with Crippen LogP contribution < -0.4 is 31.8 Å². The summed E-state index contributed by atoms with van der Waals surface area (Å²) in [4.78, 5) is 4.71. The Hall–Kier alpha value is -4.68. The van der Waals surface area contributed by atoms with Crippen LogP contribution >= 0.6 is 15.8 Å². The van der Waals surface area contributed by atoms with Crippen LogP contribution in [0.3, 0.4) is 0 Å². The fourth-order valence-corrected chi connectivity index (χ4v) is 12.6. The maximum atomic E-state index is 2.39. The molecule has 8 rings (SSSR count). The van der Waals surface area contributed by atoms with Crippen LogP contribution in [0.4, 0.5) is 0 Å². The molecule has 0 saturated heterocycles. The molecule has 0 unspecified atom stereocenters. The van der Waals surface area contributed by atoms with Crippen molar-refractivity contribution in [2.75, 3.05) is 28.2 Å². The summed E-state index contributed by atoms with van der Waals surface area (Å²) in [6, 6.07) is 79.4. The molecule has 0 aliphatic carbocycles. The Morgan fingerprint density at radius 1 is 0.456 bits per heavy atom. The predicted molar refractivity (Wildman–Crippen MR) is 245 cm³/mol. The maximum absolute atomic E-state index is 2.39. The van der Waals surface area contributed by atoms with Crippen molar-refractivity contribution in [3.8, 4) is 0 Å². The average Bonchev–Trinajstić information content (AvgIpc) is 3.92. The Kier molecular flexibility index (Phi) is 15.2. The quantitative estimate of drug-likeness (QED) is 0.0689. The van der Waals surface area contributed by atoms with Crippen LogP contribution in [0.25, 0.3) is 0 Å². The van der Waals surface area contributed by atoms with Gasteiger partial charge in [-0.15, -0.1) is 10.9 Å². The molecule has 0 aromatic heterocycles. The van der Waals surface area contributed by atoms with E-state index < -0.39 is 15.8 Å². The number of nitrogens with zero attached hydrogens (tertiary/aromatic N) is 2. The van der Waals surface area contributed by atoms with E-state index in [0.29, 0.717) is 0 Å². The van der Waals surface area contributed by atoms with Gasteiger partial charge in [-0.25, -0.2) is 14.0 Å². The molecule has 5 heteroatoms. The van der Waals surface area contributed by atoms with E-state index in [4.69, 9.17) is 0 Å². The third kappa shape index (κ3) is 10.1. The number of rotatable bonds is 12. The van der Waals surface area contributed by atoms with Crippen molar-refractivity contribution in [3.05, 3.63) is 241 Å². The molecular formula is C52H50FeN2P2-6. The summed E-state index contributed by atoms with van der Waals surface area (Å²) in [7, 11) is 7.58. The first kappa shape index (κ1) is 41.9. The summed E-state index contributed by atoms with van der Waals surface area (Å²) in [6.45, 7) is 0. The number of hydrogen-bond donors (Lipinski definition) is 0. The average molecular weight is 821 g/mol. The van der Waals surface area contributed by atoms with E-state index in [-0.39, 0.29) is 29.2 Å². The fraction of sp³-hybridized carbons (Fsp3) is 0.115. The van der Waals surface area contributed by atoms with Crippen molar-refractivity contribution in [1.29, 1.82) is 0 Å². The summed E-state index contributed by atoms with van der Waals surface area (Å²) in [5.74, 6) is 0. The van der Waals surface area contributed by atoms with Crippen LogP contribution in [0.2, 0.25) is 0 Å². The van der Waals surface area contributed by atoms with Crippen LogP contribution in [0.15, 0.2) is 218 Å². The summed E-state index contributed by atoms with van der Waals surface area (Å²) in [5, 5.41) is 8.44. The third-order valence-electron chi connectivity index (χ3n) is 10.0. The van der Waals surface area contributed by atoms with E-state index in [2.05, 4.69) is 256 Å². The standard InChI is InChI=1S/C35H36N2P.C17H14P.Fe/c1-36(2)33(27-17-9-5-10-18-27)31-25-26-32(34(37(3)4)28-19-11-6-12-20-28)35(31)38(29-21-13-7-14-22-29)30-23-15-8-16-24-30;1-3-9-15(10-4-1)18(17-13-7-8-14-17)16-11-5-2-6-12-16;/h5-26,33-34H,1-4H3;1-14H;/q-1;-5;/t33-,34-;;/m0../s1. The molecule has 292 valence electrons. The Morgan fingerprint density at radius 2 is 0.842 bits per heavy atom. The van der Waals surface area contributed by atoms with E-state index in [9.17, 15) is 0 Å². The largest absolute Gasteiger partial charge is 0.747 e. The second kappa shape index (κ2) is 20.7. The van der Waals surface area contributed by atoms with E-state index in [1.54, 1.807) is 0 Å². The normalized spacial score (nSPS) is 12.2. The van der Waals surface area contributed by atoms with Crippen molar-refractivity contribution in [3.63, 3.8) is 0 Å². The van der Waals surface area contributed by atoms with E-state index in [1.165, 1.54) is 54.1 Å². The SMILES string of the molecule is CN(C)[C@@H](c1ccccc1)c1cc[c-]([C@H](c2ccccc2)N(C)C)c1P(c1ccccc1)c1ccccc1.[Fe].c1ccc(P(c2ccccc2)[c-]2[cH-][cH-][cH-][cH-]2)cc1. The summed E-state index contributed by atoms with van der Waals surface area (Å²) in [6.07, 6.45) is 0. The molecule has 8 aromatic carbocycles. The van der Waals surface area contributed by atoms with Crippen molar-refractivity contribution in [2.24, 2.45) is 0 Å². The van der Waals surface area contributed by atoms with Crippen LogP contribution in [0.1, 0.15) is 34.3 Å². The van der Waals surface area contributed by atoms with Gasteiger partial charge in [0.25, 0.3) is 0 Å². The second-order valence-corrected chi connectivity index (χ2v) is 18.7. The minimum absolute atomic E-state index is 0. The Balaban J connectivity index is 0.000000241. The molecule has 0 aliphatic rings. The van der Waals surface area contributed by atoms with E-state index in [1.807, 2.05) is 0 Å². The molecule has 8 aromatic rings. The van der Waals surface area contributed by atoms with Crippen LogP contribution in [-0.4, -0.2) is 38.0 Å². The first-order valence-electron chi connectivity index (χ1n) is 19.3. The van der Waals surface area contributed by atoms with Crippen LogP contribution in [0.5, 0.6) is 0 Å². The van der Waals surface area contributed by atoms with Gasteiger partial charge in [0.15, 0.2) is 0 Å².